The van der Waals surface area contributed by atoms with Crippen LogP contribution >= 0.6 is 7.82 Å². The van der Waals surface area contributed by atoms with Crippen LogP contribution in [0.5, 0.6) is 11.5 Å². The second kappa shape index (κ2) is 15.9. The number of ether oxygens (including phenoxy) is 1. The highest BCUT2D eigenvalue weighted by molar-refractivity contribution is 7.50. The first kappa shape index (κ1) is 31.9. The first-order valence-corrected chi connectivity index (χ1v) is 14.5. The molecule has 2 aromatic carbocycles. The van der Waals surface area contributed by atoms with E-state index in [0.29, 0.717) is 0 Å². The van der Waals surface area contributed by atoms with Gasteiger partial charge in [0.15, 0.2) is 5.60 Å². The topological polar surface area (TPSA) is 146 Å². The number of phosphoric acid groups is 1. The van der Waals surface area contributed by atoms with E-state index in [-0.39, 0.29) is 24.0 Å². The molecule has 0 spiro atoms. The highest BCUT2D eigenvalue weighted by Crippen LogP contribution is 2.50. The van der Waals surface area contributed by atoms with Crippen LogP contribution in [0, 0.1) is 5.92 Å². The minimum absolute atomic E-state index is 0.0572. The molecule has 0 saturated heterocycles. The van der Waals surface area contributed by atoms with Gasteiger partial charge in [0.1, 0.15) is 11.5 Å². The number of benzene rings is 2. The van der Waals surface area contributed by atoms with E-state index in [1.54, 1.807) is 36.4 Å². The molecule has 214 valence electrons. The summed E-state index contributed by atoms with van der Waals surface area (Å²) in [6.45, 7) is 4.16. The van der Waals surface area contributed by atoms with Gasteiger partial charge in [-0.15, -0.1) is 0 Å². The van der Waals surface area contributed by atoms with Crippen molar-refractivity contribution in [3.8, 4) is 11.5 Å². The Kier molecular flexibility index (Phi) is 13.0. The Morgan fingerprint density at radius 2 is 1.38 bits per heavy atom. The van der Waals surface area contributed by atoms with Crippen LogP contribution in [0.2, 0.25) is 0 Å². The largest absolute Gasteiger partial charge is 0.649 e. The number of phosphoric ester groups is 1. The minimum Gasteiger partial charge on any atom is -0.479 e. The van der Waals surface area contributed by atoms with Gasteiger partial charge in [-0.2, -0.15) is 4.57 Å². The lowest BCUT2D eigenvalue weighted by Crippen LogP contribution is -2.43. The number of aliphatic hydroxyl groups is 1. The first-order chi connectivity index (χ1) is 18.6. The predicted octanol–water partition coefficient (Wildman–Crippen LogP) is 5.93. The summed E-state index contributed by atoms with van der Waals surface area (Å²) in [6, 6.07) is 15.5. The van der Waals surface area contributed by atoms with Gasteiger partial charge in [0.2, 0.25) is 0 Å². The van der Waals surface area contributed by atoms with Crippen molar-refractivity contribution >= 4 is 25.7 Å². The molecule has 0 aliphatic carbocycles. The molecule has 2 N–H and O–H groups in total. The van der Waals surface area contributed by atoms with E-state index < -0.39 is 44.2 Å². The summed E-state index contributed by atoms with van der Waals surface area (Å²) < 4.78 is 34.2. The standard InChI is InChI=1S/C28H37O10P/c1-3-5-6-9-14-22(4-2)21-35-25(29)19-28(33,27(31)32)20-26(30)38-39(34,36-23-15-10-7-11-16-23)37-24-17-12-8-13-18-24/h7-8,10-13,15-18,22,33H,3-6,9,14,19-21H2,1-2H3,(H,31,32). The van der Waals surface area contributed by atoms with Gasteiger partial charge in [-0.3, -0.25) is 9.59 Å². The SMILES string of the molecule is CCCCCCC(CC)COC(=O)CC(O)(CC(=O)OP(=O)(Oc1ccccc1)Oc1ccccc1)C(=O)O. The number of hydrogen-bond donors (Lipinski definition) is 2. The zero-order valence-electron chi connectivity index (χ0n) is 22.3. The average molecular weight is 565 g/mol. The molecular weight excluding hydrogens is 527 g/mol. The fourth-order valence-electron chi connectivity index (χ4n) is 3.65. The van der Waals surface area contributed by atoms with Crippen molar-refractivity contribution in [1.82, 2.24) is 0 Å². The molecule has 0 radical (unpaired) electrons. The van der Waals surface area contributed by atoms with Gasteiger partial charge in [0.25, 0.3) is 0 Å². The molecule has 2 atom stereocenters. The molecule has 0 aromatic heterocycles. The van der Waals surface area contributed by atoms with Crippen LogP contribution in [0.15, 0.2) is 60.7 Å². The molecule has 10 nitrogen and oxygen atoms in total. The highest BCUT2D eigenvalue weighted by Gasteiger charge is 2.45. The first-order valence-electron chi connectivity index (χ1n) is 13.0. The van der Waals surface area contributed by atoms with Crippen LogP contribution in [0.4, 0.5) is 0 Å². The Morgan fingerprint density at radius 1 is 0.846 bits per heavy atom. The van der Waals surface area contributed by atoms with Gasteiger partial charge in [0.05, 0.1) is 19.4 Å². The van der Waals surface area contributed by atoms with Crippen LogP contribution < -0.4 is 9.05 Å². The lowest BCUT2D eigenvalue weighted by atomic mass is 9.95. The number of carbonyl (C=O) groups is 3. The van der Waals surface area contributed by atoms with E-state index in [0.717, 1.165) is 38.5 Å². The normalized spacial score (nSPS) is 13.5. The fourth-order valence-corrected chi connectivity index (χ4v) is 4.84. The van der Waals surface area contributed by atoms with Crippen LogP contribution in [-0.2, 0) is 28.2 Å². The summed E-state index contributed by atoms with van der Waals surface area (Å²) in [4.78, 5) is 36.9. The van der Waals surface area contributed by atoms with Crippen molar-refractivity contribution in [2.24, 2.45) is 5.92 Å². The van der Waals surface area contributed by atoms with Crippen LogP contribution in [0.3, 0.4) is 0 Å². The summed E-state index contributed by atoms with van der Waals surface area (Å²) >= 11 is 0. The lowest BCUT2D eigenvalue weighted by molar-refractivity contribution is -0.172. The summed E-state index contributed by atoms with van der Waals surface area (Å²) in [6.07, 6.45) is 3.72. The number of rotatable bonds is 18. The Morgan fingerprint density at radius 3 is 1.87 bits per heavy atom. The maximum atomic E-state index is 13.4. The van der Waals surface area contributed by atoms with E-state index in [2.05, 4.69) is 6.92 Å². The summed E-state index contributed by atoms with van der Waals surface area (Å²) in [5, 5.41) is 20.2. The van der Waals surface area contributed by atoms with Gasteiger partial charge in [-0.1, -0.05) is 82.3 Å². The molecule has 0 heterocycles. The minimum atomic E-state index is -4.69. The van der Waals surface area contributed by atoms with E-state index in [1.165, 1.54) is 24.3 Å². The maximum absolute atomic E-state index is 13.4. The van der Waals surface area contributed by atoms with Crippen molar-refractivity contribution in [1.29, 1.82) is 0 Å². The number of para-hydroxylation sites is 2. The molecule has 0 fully saturated rings. The molecule has 2 unspecified atom stereocenters. The molecule has 0 aliphatic heterocycles. The van der Waals surface area contributed by atoms with Crippen molar-refractivity contribution in [3.05, 3.63) is 60.7 Å². The third kappa shape index (κ3) is 11.5. The average Bonchev–Trinajstić information content (AvgIpc) is 2.88. The third-order valence-electron chi connectivity index (χ3n) is 5.93. The van der Waals surface area contributed by atoms with Gasteiger partial charge in [-0.25, -0.2) is 4.79 Å². The molecule has 0 saturated carbocycles. The number of carbonyl (C=O) groups excluding carboxylic acids is 2. The van der Waals surface area contributed by atoms with Crippen molar-refractivity contribution in [2.45, 2.75) is 70.8 Å². The Hall–Kier alpha value is -3.36. The number of esters is 1. The zero-order chi connectivity index (χ0) is 28.7. The summed E-state index contributed by atoms with van der Waals surface area (Å²) in [7, 11) is -4.69. The second-order valence-corrected chi connectivity index (χ2v) is 10.7. The van der Waals surface area contributed by atoms with E-state index in [4.69, 9.17) is 18.3 Å². The Balaban J connectivity index is 2.05. The van der Waals surface area contributed by atoms with Crippen LogP contribution in [-0.4, -0.2) is 40.3 Å². The molecule has 11 heteroatoms. The van der Waals surface area contributed by atoms with E-state index in [1.807, 2.05) is 6.92 Å². The Bertz CT molecular complexity index is 1050. The third-order valence-corrected chi connectivity index (χ3v) is 7.23. The predicted molar refractivity (Wildman–Crippen MR) is 143 cm³/mol. The number of unbranched alkanes of at least 4 members (excludes halogenated alkanes) is 3. The van der Waals surface area contributed by atoms with Gasteiger partial charge in [-0.05, 0) is 36.6 Å². The molecule has 0 aliphatic rings. The van der Waals surface area contributed by atoms with Gasteiger partial charge in [0, 0.05) is 0 Å². The molecule has 39 heavy (non-hydrogen) atoms. The van der Waals surface area contributed by atoms with E-state index in [9.17, 15) is 29.2 Å². The summed E-state index contributed by atoms with van der Waals surface area (Å²) in [5.74, 6) is -4.02. The summed E-state index contributed by atoms with van der Waals surface area (Å²) in [5.41, 5.74) is -2.86. The zero-order valence-corrected chi connectivity index (χ0v) is 23.2. The molecule has 2 rings (SSSR count). The lowest BCUT2D eigenvalue weighted by Gasteiger charge is -2.24. The van der Waals surface area contributed by atoms with Crippen molar-refractivity contribution < 1.29 is 47.5 Å². The van der Waals surface area contributed by atoms with Crippen molar-refractivity contribution in [3.63, 3.8) is 0 Å². The maximum Gasteiger partial charge on any atom is 0.649 e. The molecule has 0 bridgehead atoms. The number of hydrogen-bond acceptors (Lipinski definition) is 9. The Labute approximate surface area is 228 Å². The quantitative estimate of drug-likeness (QED) is 0.127. The van der Waals surface area contributed by atoms with Crippen LogP contribution in [0.25, 0.3) is 0 Å². The van der Waals surface area contributed by atoms with Crippen molar-refractivity contribution in [2.75, 3.05) is 6.61 Å². The highest BCUT2D eigenvalue weighted by atomic mass is 31.2. The monoisotopic (exact) mass is 564 g/mol. The number of aliphatic carboxylic acids is 1. The van der Waals surface area contributed by atoms with Crippen LogP contribution in [0.1, 0.15) is 65.2 Å². The number of carboxylic acids is 1. The molecular formula is C28H37O10P. The smallest absolute Gasteiger partial charge is 0.479 e. The number of carboxylic acid groups (broad SMARTS) is 1. The van der Waals surface area contributed by atoms with E-state index >= 15 is 0 Å². The molecule has 2 aromatic rings. The van der Waals surface area contributed by atoms with Gasteiger partial charge >= 0.3 is 25.7 Å². The van der Waals surface area contributed by atoms with Gasteiger partial charge < -0.3 is 28.5 Å². The fraction of sp³-hybridized carbons (Fsp3) is 0.464. The molecule has 0 amide bonds. The second-order valence-electron chi connectivity index (χ2n) is 9.22.